The van der Waals surface area contributed by atoms with E-state index in [1.54, 1.807) is 11.3 Å². The Bertz CT molecular complexity index is 632. The number of nitrogens with one attached hydrogen (secondary N) is 1. The van der Waals surface area contributed by atoms with E-state index in [9.17, 15) is 8.42 Å². The lowest BCUT2D eigenvalue weighted by Crippen LogP contribution is -2.35. The van der Waals surface area contributed by atoms with Crippen LogP contribution in [0.5, 0.6) is 0 Å². The van der Waals surface area contributed by atoms with Gasteiger partial charge < -0.3 is 0 Å². The summed E-state index contributed by atoms with van der Waals surface area (Å²) in [6.07, 6.45) is 0.653. The summed E-state index contributed by atoms with van der Waals surface area (Å²) in [5.74, 6) is 0. The number of hydrogen-bond donors (Lipinski definition) is 1. The molecule has 19 heavy (non-hydrogen) atoms. The van der Waals surface area contributed by atoms with Crippen molar-refractivity contribution >= 4 is 37.3 Å². The minimum absolute atomic E-state index is 0.0329. The Kier molecular flexibility index (Phi) is 4.39. The lowest BCUT2D eigenvalue weighted by Gasteiger charge is -2.13. The lowest BCUT2D eigenvalue weighted by molar-refractivity contribution is 0.543. The molecule has 1 N–H and O–H groups in total. The largest absolute Gasteiger partial charge is 0.260 e. The summed E-state index contributed by atoms with van der Waals surface area (Å²) in [5, 5.41) is 9.35. The van der Waals surface area contributed by atoms with E-state index in [0.717, 1.165) is 4.88 Å². The molecule has 0 radical (unpaired) electrons. The van der Waals surface area contributed by atoms with Gasteiger partial charge in [0.25, 0.3) is 10.0 Å². The molecule has 2 aromatic rings. The molecule has 1 unspecified atom stereocenters. The first kappa shape index (κ1) is 14.6. The number of halogens is 1. The molecule has 0 saturated heterocycles. The van der Waals surface area contributed by atoms with Crippen LogP contribution in [0.15, 0.2) is 27.1 Å². The smallest absolute Gasteiger partial charge is 0.235 e. The fraction of sp³-hybridized carbons (Fsp3) is 0.400. The Morgan fingerprint density at radius 1 is 1.58 bits per heavy atom. The molecular formula is C10H13BrN4O2S2. The molecule has 6 nitrogen and oxygen atoms in total. The average Bonchev–Trinajstić information content (AvgIpc) is 2.88. The third kappa shape index (κ3) is 3.41. The second-order valence-electron chi connectivity index (χ2n) is 4.11. The van der Waals surface area contributed by atoms with Crippen LogP contribution in [0, 0.1) is 0 Å². The van der Waals surface area contributed by atoms with Gasteiger partial charge in [-0.3, -0.25) is 0 Å². The molecule has 0 aromatic carbocycles. The van der Waals surface area contributed by atoms with E-state index in [0.29, 0.717) is 6.42 Å². The number of hydrogen-bond acceptors (Lipinski definition) is 5. The van der Waals surface area contributed by atoms with E-state index in [1.807, 2.05) is 24.4 Å². The van der Waals surface area contributed by atoms with Gasteiger partial charge in [-0.05, 0) is 40.7 Å². The van der Waals surface area contributed by atoms with Gasteiger partial charge in [0, 0.05) is 18.0 Å². The molecule has 0 aliphatic carbocycles. The minimum atomic E-state index is -3.63. The van der Waals surface area contributed by atoms with Crippen molar-refractivity contribution in [2.75, 3.05) is 0 Å². The molecule has 0 spiro atoms. The van der Waals surface area contributed by atoms with Crippen molar-refractivity contribution in [3.63, 3.8) is 0 Å². The van der Waals surface area contributed by atoms with E-state index < -0.39 is 10.0 Å². The van der Waals surface area contributed by atoms with Gasteiger partial charge in [0.05, 0.1) is 0 Å². The van der Waals surface area contributed by atoms with Crippen molar-refractivity contribution in [3.05, 3.63) is 27.0 Å². The Labute approximate surface area is 124 Å². The molecule has 2 aromatic heterocycles. The van der Waals surface area contributed by atoms with Gasteiger partial charge in [-0.15, -0.1) is 16.4 Å². The van der Waals surface area contributed by atoms with Crippen molar-refractivity contribution < 1.29 is 8.42 Å². The Balaban J connectivity index is 2.13. The van der Waals surface area contributed by atoms with E-state index in [2.05, 4.69) is 31.0 Å². The number of aryl methyl sites for hydroxylation is 1. The van der Waals surface area contributed by atoms with Crippen LogP contribution in [0.25, 0.3) is 0 Å². The molecule has 0 bridgehead atoms. The van der Waals surface area contributed by atoms with Gasteiger partial charge in [0.1, 0.15) is 0 Å². The van der Waals surface area contributed by atoms with Gasteiger partial charge in [-0.25, -0.2) is 17.8 Å². The zero-order valence-electron chi connectivity index (χ0n) is 10.4. The molecule has 2 heterocycles. The predicted molar refractivity (Wildman–Crippen MR) is 76.5 cm³/mol. The van der Waals surface area contributed by atoms with Gasteiger partial charge in [-0.1, -0.05) is 11.3 Å². The third-order valence-electron chi connectivity index (χ3n) is 2.44. The van der Waals surface area contributed by atoms with Crippen molar-refractivity contribution in [2.45, 2.75) is 24.4 Å². The van der Waals surface area contributed by atoms with Crippen LogP contribution < -0.4 is 4.72 Å². The molecule has 0 amide bonds. The van der Waals surface area contributed by atoms with E-state index in [4.69, 9.17) is 0 Å². The summed E-state index contributed by atoms with van der Waals surface area (Å²) in [6, 6.07) is 3.73. The molecule has 0 saturated carbocycles. The highest BCUT2D eigenvalue weighted by Gasteiger charge is 2.25. The van der Waals surface area contributed by atoms with Crippen molar-refractivity contribution in [3.8, 4) is 0 Å². The second-order valence-corrected chi connectivity index (χ2v) is 7.53. The van der Waals surface area contributed by atoms with Gasteiger partial charge in [0.15, 0.2) is 4.60 Å². The maximum atomic E-state index is 12.2. The highest BCUT2D eigenvalue weighted by atomic mass is 79.9. The maximum Gasteiger partial charge on any atom is 0.260 e. The standard InChI is InChI=1S/C10H13BrN4O2S2/c1-7(6-8-4-3-5-18-8)13-19(16,17)10-9(11)12-14-15(10)2/h3-5,7,13H,6H2,1-2H3. The number of nitrogens with zero attached hydrogens (tertiary/aromatic N) is 3. The Morgan fingerprint density at radius 2 is 2.32 bits per heavy atom. The van der Waals surface area contributed by atoms with Gasteiger partial charge in [0.2, 0.25) is 5.03 Å². The molecule has 104 valence electrons. The highest BCUT2D eigenvalue weighted by molar-refractivity contribution is 9.10. The van der Waals surface area contributed by atoms with Gasteiger partial charge in [-0.2, -0.15) is 0 Å². The van der Waals surface area contributed by atoms with Crippen LogP contribution in [-0.2, 0) is 23.5 Å². The molecule has 1 atom stereocenters. The topological polar surface area (TPSA) is 76.9 Å². The Morgan fingerprint density at radius 3 is 2.84 bits per heavy atom. The van der Waals surface area contributed by atoms with E-state index >= 15 is 0 Å². The molecule has 0 aliphatic rings. The van der Waals surface area contributed by atoms with Crippen LogP contribution in [0.2, 0.25) is 0 Å². The summed E-state index contributed by atoms with van der Waals surface area (Å²) < 4.78 is 28.5. The van der Waals surface area contributed by atoms with Crippen molar-refractivity contribution in [2.24, 2.45) is 7.05 Å². The molecular weight excluding hydrogens is 352 g/mol. The monoisotopic (exact) mass is 364 g/mol. The SMILES string of the molecule is CC(Cc1cccs1)NS(=O)(=O)c1c(Br)nnn1C. The normalized spacial score (nSPS) is 13.6. The number of sulfonamides is 1. The van der Waals surface area contributed by atoms with Crippen molar-refractivity contribution in [1.82, 2.24) is 19.7 Å². The summed E-state index contributed by atoms with van der Waals surface area (Å²) in [7, 11) is -2.10. The lowest BCUT2D eigenvalue weighted by atomic mass is 10.2. The van der Waals surface area contributed by atoms with Crippen LogP contribution in [0.1, 0.15) is 11.8 Å². The third-order valence-corrected chi connectivity index (χ3v) is 5.81. The van der Waals surface area contributed by atoms with Crippen LogP contribution >= 0.6 is 27.3 Å². The summed E-state index contributed by atoms with van der Waals surface area (Å²) >= 11 is 4.70. The first-order valence-corrected chi connectivity index (χ1v) is 8.65. The van der Waals surface area contributed by atoms with Gasteiger partial charge >= 0.3 is 0 Å². The maximum absolute atomic E-state index is 12.2. The summed E-state index contributed by atoms with van der Waals surface area (Å²) in [5.41, 5.74) is 0. The zero-order chi connectivity index (χ0) is 14.0. The van der Waals surface area contributed by atoms with Crippen LogP contribution in [0.4, 0.5) is 0 Å². The fourth-order valence-corrected chi connectivity index (χ4v) is 4.87. The first-order chi connectivity index (χ1) is 8.90. The second kappa shape index (κ2) is 5.70. The molecule has 2 rings (SSSR count). The fourth-order valence-electron chi connectivity index (χ4n) is 1.70. The average molecular weight is 365 g/mol. The quantitative estimate of drug-likeness (QED) is 0.872. The number of rotatable bonds is 5. The Hall–Kier alpha value is -0.770. The van der Waals surface area contributed by atoms with E-state index in [1.165, 1.54) is 11.7 Å². The number of aromatic nitrogens is 3. The van der Waals surface area contributed by atoms with Crippen LogP contribution in [0.3, 0.4) is 0 Å². The summed E-state index contributed by atoms with van der Waals surface area (Å²) in [6.45, 7) is 1.83. The zero-order valence-corrected chi connectivity index (χ0v) is 13.6. The predicted octanol–water partition coefficient (Wildman–Crippen LogP) is 1.55. The van der Waals surface area contributed by atoms with Crippen LogP contribution in [-0.4, -0.2) is 29.5 Å². The highest BCUT2D eigenvalue weighted by Crippen LogP contribution is 2.19. The molecule has 0 fully saturated rings. The van der Waals surface area contributed by atoms with Crippen molar-refractivity contribution in [1.29, 1.82) is 0 Å². The summed E-state index contributed by atoms with van der Waals surface area (Å²) in [4.78, 5) is 1.14. The molecule has 9 heteroatoms. The number of thiophene rings is 1. The molecule has 0 aliphatic heterocycles. The minimum Gasteiger partial charge on any atom is -0.235 e. The van der Waals surface area contributed by atoms with E-state index in [-0.39, 0.29) is 15.7 Å². The first-order valence-electron chi connectivity index (χ1n) is 5.50.